The van der Waals surface area contributed by atoms with Crippen molar-refractivity contribution in [3.63, 3.8) is 0 Å². The molecular formula is C13H16N4O. The monoisotopic (exact) mass is 244 g/mol. The van der Waals surface area contributed by atoms with Gasteiger partial charge in [-0.3, -0.25) is 4.79 Å². The number of amides is 1. The van der Waals surface area contributed by atoms with Crippen LogP contribution in [0.5, 0.6) is 0 Å². The largest absolute Gasteiger partial charge is 0.343 e. The summed E-state index contributed by atoms with van der Waals surface area (Å²) in [5.74, 6) is 0.495. The van der Waals surface area contributed by atoms with Gasteiger partial charge in [0.2, 0.25) is 0 Å². The summed E-state index contributed by atoms with van der Waals surface area (Å²) in [6.45, 7) is 4.41. The predicted molar refractivity (Wildman–Crippen MR) is 68.0 cm³/mol. The highest BCUT2D eigenvalue weighted by Crippen LogP contribution is 2.10. The molecule has 0 spiro atoms. The molecule has 1 amide bonds. The summed E-state index contributed by atoms with van der Waals surface area (Å²) in [4.78, 5) is 20.1. The first-order valence-electron chi connectivity index (χ1n) is 5.89. The molecule has 0 unspecified atom stereocenters. The zero-order valence-electron chi connectivity index (χ0n) is 10.5. The zero-order valence-corrected chi connectivity index (χ0v) is 10.5. The smallest absolute Gasteiger partial charge is 0.268 e. The van der Waals surface area contributed by atoms with Crippen molar-refractivity contribution in [3.8, 4) is 0 Å². The fraction of sp³-hybridized carbons (Fsp3) is 0.308. The van der Waals surface area contributed by atoms with E-state index in [2.05, 4.69) is 15.3 Å². The third-order valence-electron chi connectivity index (χ3n) is 2.59. The normalized spacial score (nSPS) is 10.6. The summed E-state index contributed by atoms with van der Waals surface area (Å²) in [6.07, 6.45) is 5.22. The first-order valence-corrected chi connectivity index (χ1v) is 5.89. The van der Waals surface area contributed by atoms with Crippen molar-refractivity contribution in [1.82, 2.24) is 19.9 Å². The third kappa shape index (κ3) is 2.74. The van der Waals surface area contributed by atoms with E-state index in [1.807, 2.05) is 30.7 Å². The van der Waals surface area contributed by atoms with E-state index in [-0.39, 0.29) is 11.9 Å². The van der Waals surface area contributed by atoms with Crippen molar-refractivity contribution in [1.29, 1.82) is 0 Å². The van der Waals surface area contributed by atoms with Crippen LogP contribution in [0.15, 0.2) is 36.8 Å². The van der Waals surface area contributed by atoms with Crippen LogP contribution in [-0.2, 0) is 6.54 Å². The van der Waals surface area contributed by atoms with E-state index in [0.29, 0.717) is 18.1 Å². The van der Waals surface area contributed by atoms with Gasteiger partial charge in [0.05, 0.1) is 6.54 Å². The van der Waals surface area contributed by atoms with Crippen LogP contribution in [0.1, 0.15) is 36.2 Å². The van der Waals surface area contributed by atoms with Crippen molar-refractivity contribution in [2.24, 2.45) is 0 Å². The average molecular weight is 244 g/mol. The topological polar surface area (TPSA) is 59.8 Å². The van der Waals surface area contributed by atoms with Gasteiger partial charge in [0.25, 0.3) is 5.91 Å². The SMILES string of the molecule is CC(C)n1cccc1C(=O)NCc1ncccn1. The second-order valence-corrected chi connectivity index (χ2v) is 4.24. The molecule has 0 saturated carbocycles. The Morgan fingerprint density at radius 2 is 2.06 bits per heavy atom. The van der Waals surface area contributed by atoms with E-state index < -0.39 is 0 Å². The standard InChI is InChI=1S/C13H16N4O/c1-10(2)17-8-3-5-11(17)13(18)16-9-12-14-6-4-7-15-12/h3-8,10H,9H2,1-2H3,(H,16,18). The Kier molecular flexibility index (Phi) is 3.72. The first-order chi connectivity index (χ1) is 8.68. The number of carbonyl (C=O) groups is 1. The second-order valence-electron chi connectivity index (χ2n) is 4.24. The Hall–Kier alpha value is -2.17. The molecule has 0 aromatic carbocycles. The van der Waals surface area contributed by atoms with Gasteiger partial charge in [0.15, 0.2) is 0 Å². The fourth-order valence-electron chi connectivity index (χ4n) is 1.71. The molecule has 2 aromatic rings. The highest BCUT2D eigenvalue weighted by atomic mass is 16.1. The molecule has 0 atom stereocenters. The van der Waals surface area contributed by atoms with Crippen LogP contribution in [0.4, 0.5) is 0 Å². The summed E-state index contributed by atoms with van der Waals surface area (Å²) < 4.78 is 1.93. The third-order valence-corrected chi connectivity index (χ3v) is 2.59. The fourth-order valence-corrected chi connectivity index (χ4v) is 1.71. The van der Waals surface area contributed by atoms with Gasteiger partial charge in [-0.05, 0) is 32.0 Å². The minimum Gasteiger partial charge on any atom is -0.343 e. The van der Waals surface area contributed by atoms with Crippen LogP contribution in [0.3, 0.4) is 0 Å². The van der Waals surface area contributed by atoms with E-state index in [0.717, 1.165) is 0 Å². The number of aromatic nitrogens is 3. The van der Waals surface area contributed by atoms with Crippen LogP contribution in [0.2, 0.25) is 0 Å². The summed E-state index contributed by atoms with van der Waals surface area (Å²) in [5.41, 5.74) is 0.654. The molecule has 0 fully saturated rings. The van der Waals surface area contributed by atoms with Crippen LogP contribution in [0.25, 0.3) is 0 Å². The molecule has 5 heteroatoms. The van der Waals surface area contributed by atoms with Crippen molar-refractivity contribution in [2.45, 2.75) is 26.4 Å². The molecular weight excluding hydrogens is 228 g/mol. The molecule has 0 aliphatic heterocycles. The molecule has 0 saturated heterocycles. The lowest BCUT2D eigenvalue weighted by atomic mass is 10.3. The molecule has 2 rings (SSSR count). The molecule has 0 aliphatic rings. The van der Waals surface area contributed by atoms with Crippen LogP contribution < -0.4 is 5.32 Å². The van der Waals surface area contributed by atoms with E-state index >= 15 is 0 Å². The number of hydrogen-bond acceptors (Lipinski definition) is 3. The average Bonchev–Trinajstić information content (AvgIpc) is 2.86. The minimum absolute atomic E-state index is 0.110. The van der Waals surface area contributed by atoms with Gasteiger partial charge in [0.1, 0.15) is 11.5 Å². The lowest BCUT2D eigenvalue weighted by Gasteiger charge is -2.12. The number of nitrogens with zero attached hydrogens (tertiary/aromatic N) is 3. The number of carbonyl (C=O) groups excluding carboxylic acids is 1. The molecule has 5 nitrogen and oxygen atoms in total. The minimum atomic E-state index is -0.110. The quantitative estimate of drug-likeness (QED) is 0.892. The summed E-state index contributed by atoms with van der Waals surface area (Å²) in [7, 11) is 0. The second kappa shape index (κ2) is 5.44. The Bertz CT molecular complexity index is 519. The maximum atomic E-state index is 12.0. The van der Waals surface area contributed by atoms with Crippen molar-refractivity contribution < 1.29 is 4.79 Å². The number of nitrogens with one attached hydrogen (secondary N) is 1. The van der Waals surface area contributed by atoms with Crippen molar-refractivity contribution in [2.75, 3.05) is 0 Å². The highest BCUT2D eigenvalue weighted by molar-refractivity contribution is 5.92. The lowest BCUT2D eigenvalue weighted by molar-refractivity contribution is 0.0939. The number of hydrogen-bond donors (Lipinski definition) is 1. The molecule has 0 radical (unpaired) electrons. The molecule has 18 heavy (non-hydrogen) atoms. The Morgan fingerprint density at radius 1 is 1.33 bits per heavy atom. The van der Waals surface area contributed by atoms with Gasteiger partial charge in [-0.15, -0.1) is 0 Å². The maximum Gasteiger partial charge on any atom is 0.268 e. The van der Waals surface area contributed by atoms with E-state index in [9.17, 15) is 4.79 Å². The van der Waals surface area contributed by atoms with E-state index in [1.54, 1.807) is 24.5 Å². The van der Waals surface area contributed by atoms with Gasteiger partial charge in [-0.25, -0.2) is 9.97 Å². The van der Waals surface area contributed by atoms with Gasteiger partial charge in [-0.1, -0.05) is 0 Å². The Morgan fingerprint density at radius 3 is 2.72 bits per heavy atom. The molecule has 2 aromatic heterocycles. The zero-order chi connectivity index (χ0) is 13.0. The van der Waals surface area contributed by atoms with E-state index in [1.165, 1.54) is 0 Å². The van der Waals surface area contributed by atoms with Gasteiger partial charge < -0.3 is 9.88 Å². The molecule has 1 N–H and O–H groups in total. The maximum absolute atomic E-state index is 12.0. The van der Waals surface area contributed by atoms with Gasteiger partial charge >= 0.3 is 0 Å². The first kappa shape index (κ1) is 12.3. The molecule has 0 aliphatic carbocycles. The predicted octanol–water partition coefficient (Wildman–Crippen LogP) is 1.79. The van der Waals surface area contributed by atoms with Gasteiger partial charge in [0, 0.05) is 24.6 Å². The van der Waals surface area contributed by atoms with Crippen LogP contribution >= 0.6 is 0 Å². The Balaban J connectivity index is 2.02. The molecule has 0 bridgehead atoms. The number of rotatable bonds is 4. The molecule has 94 valence electrons. The van der Waals surface area contributed by atoms with Crippen LogP contribution in [-0.4, -0.2) is 20.4 Å². The lowest BCUT2D eigenvalue weighted by Crippen LogP contribution is -2.26. The van der Waals surface area contributed by atoms with Gasteiger partial charge in [-0.2, -0.15) is 0 Å². The summed E-state index contributed by atoms with van der Waals surface area (Å²) >= 11 is 0. The van der Waals surface area contributed by atoms with Crippen LogP contribution in [0, 0.1) is 0 Å². The summed E-state index contributed by atoms with van der Waals surface area (Å²) in [5, 5.41) is 2.81. The van der Waals surface area contributed by atoms with Crippen molar-refractivity contribution in [3.05, 3.63) is 48.3 Å². The molecule has 2 heterocycles. The van der Waals surface area contributed by atoms with Crippen molar-refractivity contribution >= 4 is 5.91 Å². The van der Waals surface area contributed by atoms with E-state index in [4.69, 9.17) is 0 Å². The Labute approximate surface area is 106 Å². The highest BCUT2D eigenvalue weighted by Gasteiger charge is 2.12. The summed E-state index contributed by atoms with van der Waals surface area (Å²) in [6, 6.07) is 5.68.